The molecular weight excluding hydrogens is 272 g/mol. The molecule has 1 atom stereocenters. The Morgan fingerprint density at radius 1 is 1.33 bits per heavy atom. The maximum Gasteiger partial charge on any atom is 0.310 e. The van der Waals surface area contributed by atoms with Crippen LogP contribution in [0.1, 0.15) is 46.4 Å². The average Bonchev–Trinajstić information content (AvgIpc) is 2.90. The van der Waals surface area contributed by atoms with Crippen LogP contribution < -0.4 is 10.6 Å². The standard InChI is InChI=1S/C15H24N2O4/c1-10(11-7-6-8-21-11)17-12(18)9-16-15(4,5)14(2,3)13(19)20/h6-8,10,16H,9H2,1-5H3,(H,17,18)(H,19,20). The van der Waals surface area contributed by atoms with E-state index < -0.39 is 16.9 Å². The minimum absolute atomic E-state index is 0.0365. The highest BCUT2D eigenvalue weighted by Gasteiger charge is 2.43. The minimum Gasteiger partial charge on any atom is -0.481 e. The fourth-order valence-corrected chi connectivity index (χ4v) is 1.69. The second kappa shape index (κ2) is 6.30. The molecule has 0 saturated carbocycles. The number of carbonyl (C=O) groups excluding carboxylic acids is 1. The van der Waals surface area contributed by atoms with Crippen molar-refractivity contribution in [2.45, 2.75) is 46.2 Å². The van der Waals surface area contributed by atoms with E-state index in [4.69, 9.17) is 4.42 Å². The van der Waals surface area contributed by atoms with Crippen LogP contribution in [0.5, 0.6) is 0 Å². The maximum absolute atomic E-state index is 11.9. The van der Waals surface area contributed by atoms with Crippen molar-refractivity contribution in [1.82, 2.24) is 10.6 Å². The third-order valence-electron chi connectivity index (χ3n) is 4.14. The van der Waals surface area contributed by atoms with Gasteiger partial charge in [-0.05, 0) is 46.8 Å². The summed E-state index contributed by atoms with van der Waals surface area (Å²) >= 11 is 0. The fraction of sp³-hybridized carbons (Fsp3) is 0.600. The number of aliphatic carboxylic acids is 1. The van der Waals surface area contributed by atoms with E-state index in [1.54, 1.807) is 46.1 Å². The van der Waals surface area contributed by atoms with Gasteiger partial charge in [-0.3, -0.25) is 9.59 Å². The zero-order valence-electron chi connectivity index (χ0n) is 13.2. The van der Waals surface area contributed by atoms with Crippen molar-refractivity contribution in [2.24, 2.45) is 5.41 Å². The Balaban J connectivity index is 2.55. The quantitative estimate of drug-likeness (QED) is 0.715. The highest BCUT2D eigenvalue weighted by molar-refractivity contribution is 5.79. The van der Waals surface area contributed by atoms with Crippen molar-refractivity contribution in [1.29, 1.82) is 0 Å². The van der Waals surface area contributed by atoms with Gasteiger partial charge in [0.15, 0.2) is 0 Å². The Hall–Kier alpha value is -1.82. The highest BCUT2D eigenvalue weighted by Crippen LogP contribution is 2.30. The molecule has 0 aliphatic heterocycles. The molecule has 0 spiro atoms. The summed E-state index contributed by atoms with van der Waals surface area (Å²) in [5.74, 6) is -0.453. The first kappa shape index (κ1) is 17.2. The predicted molar refractivity (Wildman–Crippen MR) is 78.8 cm³/mol. The summed E-state index contributed by atoms with van der Waals surface area (Å²) < 4.78 is 5.21. The first-order valence-electron chi connectivity index (χ1n) is 6.89. The maximum atomic E-state index is 11.9. The van der Waals surface area contributed by atoms with Crippen molar-refractivity contribution in [2.75, 3.05) is 6.54 Å². The molecule has 6 nitrogen and oxygen atoms in total. The molecule has 1 heterocycles. The topological polar surface area (TPSA) is 91.6 Å². The van der Waals surface area contributed by atoms with Crippen molar-refractivity contribution < 1.29 is 19.1 Å². The molecule has 0 aliphatic rings. The SMILES string of the molecule is CC(NC(=O)CNC(C)(C)C(C)(C)C(=O)O)c1ccco1. The Kier molecular flexibility index (Phi) is 5.17. The molecule has 1 amide bonds. The van der Waals surface area contributed by atoms with Gasteiger partial charge in [-0.2, -0.15) is 0 Å². The number of hydrogen-bond acceptors (Lipinski definition) is 4. The van der Waals surface area contributed by atoms with E-state index in [2.05, 4.69) is 10.6 Å². The molecule has 1 unspecified atom stereocenters. The average molecular weight is 296 g/mol. The van der Waals surface area contributed by atoms with Crippen molar-refractivity contribution in [3.63, 3.8) is 0 Å². The number of carbonyl (C=O) groups is 2. The van der Waals surface area contributed by atoms with Gasteiger partial charge in [-0.25, -0.2) is 0 Å². The Bertz CT molecular complexity index is 492. The van der Waals surface area contributed by atoms with Gasteiger partial charge in [0.05, 0.1) is 24.3 Å². The van der Waals surface area contributed by atoms with Crippen LogP contribution in [0.25, 0.3) is 0 Å². The van der Waals surface area contributed by atoms with Crippen LogP contribution in [0.3, 0.4) is 0 Å². The zero-order valence-corrected chi connectivity index (χ0v) is 13.2. The number of carboxylic acid groups (broad SMARTS) is 1. The normalized spacial score (nSPS) is 13.8. The van der Waals surface area contributed by atoms with Crippen molar-refractivity contribution in [3.8, 4) is 0 Å². The van der Waals surface area contributed by atoms with Crippen LogP contribution in [0.15, 0.2) is 22.8 Å². The van der Waals surface area contributed by atoms with E-state index >= 15 is 0 Å². The van der Waals surface area contributed by atoms with Gasteiger partial charge in [0.2, 0.25) is 5.91 Å². The lowest BCUT2D eigenvalue weighted by Gasteiger charge is -2.38. The smallest absolute Gasteiger partial charge is 0.310 e. The highest BCUT2D eigenvalue weighted by atomic mass is 16.4. The van der Waals surface area contributed by atoms with Crippen LogP contribution in [0.4, 0.5) is 0 Å². The van der Waals surface area contributed by atoms with Gasteiger partial charge < -0.3 is 20.2 Å². The number of nitrogens with one attached hydrogen (secondary N) is 2. The lowest BCUT2D eigenvalue weighted by molar-refractivity contribution is -0.151. The molecule has 0 saturated heterocycles. The summed E-state index contributed by atoms with van der Waals surface area (Å²) in [4.78, 5) is 23.2. The van der Waals surface area contributed by atoms with E-state index in [1.165, 1.54) is 0 Å². The number of amides is 1. The molecule has 1 aromatic rings. The zero-order chi connectivity index (χ0) is 16.3. The lowest BCUT2D eigenvalue weighted by atomic mass is 9.74. The molecule has 0 aliphatic carbocycles. The predicted octanol–water partition coefficient (Wildman–Crippen LogP) is 1.94. The Labute approximate surface area is 124 Å². The molecule has 3 N–H and O–H groups in total. The second-order valence-electron chi connectivity index (χ2n) is 6.21. The van der Waals surface area contributed by atoms with E-state index in [9.17, 15) is 14.7 Å². The summed E-state index contributed by atoms with van der Waals surface area (Å²) in [6, 6.07) is 3.31. The molecule has 0 bridgehead atoms. The van der Waals surface area contributed by atoms with Gasteiger partial charge in [-0.15, -0.1) is 0 Å². The number of furan rings is 1. The molecule has 1 aromatic heterocycles. The van der Waals surface area contributed by atoms with Crippen molar-refractivity contribution in [3.05, 3.63) is 24.2 Å². The van der Waals surface area contributed by atoms with E-state index in [1.807, 2.05) is 6.92 Å². The summed E-state index contributed by atoms with van der Waals surface area (Å²) in [6.45, 7) is 8.66. The van der Waals surface area contributed by atoms with E-state index in [0.717, 1.165) is 0 Å². The van der Waals surface area contributed by atoms with Gasteiger partial charge >= 0.3 is 5.97 Å². The largest absolute Gasteiger partial charge is 0.481 e. The fourth-order valence-electron chi connectivity index (χ4n) is 1.69. The van der Waals surface area contributed by atoms with Crippen molar-refractivity contribution >= 4 is 11.9 Å². The van der Waals surface area contributed by atoms with E-state index in [0.29, 0.717) is 5.76 Å². The molecule has 0 fully saturated rings. The Morgan fingerprint density at radius 2 is 1.95 bits per heavy atom. The third-order valence-corrected chi connectivity index (χ3v) is 4.14. The first-order chi connectivity index (χ1) is 9.58. The summed E-state index contributed by atoms with van der Waals surface area (Å²) in [5, 5.41) is 15.1. The van der Waals surface area contributed by atoms with Crippen LogP contribution in [-0.4, -0.2) is 29.1 Å². The number of carboxylic acids is 1. The van der Waals surface area contributed by atoms with Crippen LogP contribution in [0.2, 0.25) is 0 Å². The third kappa shape index (κ3) is 4.07. The molecule has 0 aromatic carbocycles. The number of rotatable bonds is 7. The van der Waals surface area contributed by atoms with Gasteiger partial charge in [-0.1, -0.05) is 0 Å². The van der Waals surface area contributed by atoms with Crippen LogP contribution in [0, 0.1) is 5.41 Å². The van der Waals surface area contributed by atoms with Gasteiger partial charge in [0.25, 0.3) is 0 Å². The Morgan fingerprint density at radius 3 is 2.43 bits per heavy atom. The number of hydrogen-bond donors (Lipinski definition) is 3. The molecule has 0 radical (unpaired) electrons. The second-order valence-corrected chi connectivity index (χ2v) is 6.21. The summed E-state index contributed by atoms with van der Waals surface area (Å²) in [5.41, 5.74) is -1.73. The molecular formula is C15H24N2O4. The molecule has 118 valence electrons. The summed E-state index contributed by atoms with van der Waals surface area (Å²) in [6.07, 6.45) is 1.55. The van der Waals surface area contributed by atoms with Crippen LogP contribution in [-0.2, 0) is 9.59 Å². The van der Waals surface area contributed by atoms with Gasteiger partial charge in [0, 0.05) is 5.54 Å². The van der Waals surface area contributed by atoms with Gasteiger partial charge in [0.1, 0.15) is 5.76 Å². The lowest BCUT2D eigenvalue weighted by Crippen LogP contribution is -2.57. The molecule has 6 heteroatoms. The minimum atomic E-state index is -1.00. The molecule has 1 rings (SSSR count). The molecule has 21 heavy (non-hydrogen) atoms. The first-order valence-corrected chi connectivity index (χ1v) is 6.89. The van der Waals surface area contributed by atoms with E-state index in [-0.39, 0.29) is 18.5 Å². The van der Waals surface area contributed by atoms with Crippen LogP contribution >= 0.6 is 0 Å². The summed E-state index contributed by atoms with van der Waals surface area (Å²) in [7, 11) is 0. The monoisotopic (exact) mass is 296 g/mol.